The molecule has 0 spiro atoms. The quantitative estimate of drug-likeness (QED) is 0.275. The van der Waals surface area contributed by atoms with Crippen molar-refractivity contribution in [1.29, 1.82) is 0 Å². The van der Waals surface area contributed by atoms with Crippen LogP contribution in [0.3, 0.4) is 0 Å². The number of carbonyl (C=O) groups excluding carboxylic acids is 4. The molecule has 0 aliphatic rings. The average Bonchev–Trinajstić information content (AvgIpc) is 2.96. The second kappa shape index (κ2) is 15.0. The van der Waals surface area contributed by atoms with Crippen molar-refractivity contribution in [2.75, 3.05) is 7.11 Å². The molecule has 0 saturated heterocycles. The van der Waals surface area contributed by atoms with Crippen LogP contribution in [0.15, 0.2) is 79.0 Å². The van der Waals surface area contributed by atoms with Crippen molar-refractivity contribution in [1.82, 2.24) is 20.9 Å². The first-order valence-corrected chi connectivity index (χ1v) is 12.8. The summed E-state index contributed by atoms with van der Waals surface area (Å²) < 4.78 is 5.15. The van der Waals surface area contributed by atoms with E-state index in [1.54, 1.807) is 38.4 Å². The van der Waals surface area contributed by atoms with Gasteiger partial charge in [-0.3, -0.25) is 24.2 Å². The van der Waals surface area contributed by atoms with Crippen molar-refractivity contribution >= 4 is 23.5 Å². The fourth-order valence-corrected chi connectivity index (χ4v) is 3.90. The molecule has 1 heterocycles. The summed E-state index contributed by atoms with van der Waals surface area (Å²) in [5, 5.41) is 7.89. The number of benzene rings is 2. The Kier molecular flexibility index (Phi) is 11.2. The summed E-state index contributed by atoms with van der Waals surface area (Å²) in [4.78, 5) is 55.1. The van der Waals surface area contributed by atoms with Gasteiger partial charge in [-0.05, 0) is 55.2 Å². The van der Waals surface area contributed by atoms with E-state index in [0.717, 1.165) is 16.9 Å². The summed E-state index contributed by atoms with van der Waals surface area (Å²) in [7, 11) is 1.61. The van der Waals surface area contributed by atoms with Gasteiger partial charge in [0.25, 0.3) is 5.91 Å². The average molecular weight is 531 g/mol. The van der Waals surface area contributed by atoms with Gasteiger partial charge < -0.3 is 20.7 Å². The molecule has 204 valence electrons. The zero-order valence-electron chi connectivity index (χ0n) is 22.2. The number of aryl methyl sites for hydroxylation is 1. The molecule has 1 aromatic heterocycles. The van der Waals surface area contributed by atoms with E-state index in [1.165, 1.54) is 0 Å². The Morgan fingerprint density at radius 3 is 2.26 bits per heavy atom. The van der Waals surface area contributed by atoms with E-state index in [-0.39, 0.29) is 25.3 Å². The summed E-state index contributed by atoms with van der Waals surface area (Å²) >= 11 is 0. The zero-order chi connectivity index (χ0) is 28.0. The van der Waals surface area contributed by atoms with Gasteiger partial charge in [0.2, 0.25) is 17.6 Å². The topological polar surface area (TPSA) is 126 Å². The van der Waals surface area contributed by atoms with E-state index in [4.69, 9.17) is 4.74 Å². The highest BCUT2D eigenvalue weighted by Gasteiger charge is 2.29. The number of hydrogen-bond donors (Lipinski definition) is 3. The standard InChI is InChI=1S/C30H34N4O5/c1-21(33-27(35)13-8-11-22-14-16-25(39-2)17-15-22)29(37)34-26(19-23-9-4-3-5-10-23)28(36)30(38)32-20-24-12-6-7-18-31-24/h3-7,9-10,12,14-18,21,26H,8,11,13,19-20H2,1-2H3,(H,32,38)(H,33,35)(H,34,37)/t21-,26-/m1/s1. The van der Waals surface area contributed by atoms with Crippen LogP contribution in [-0.2, 0) is 38.6 Å². The van der Waals surface area contributed by atoms with Gasteiger partial charge in [0, 0.05) is 19.0 Å². The number of carbonyl (C=O) groups is 4. The summed E-state index contributed by atoms with van der Waals surface area (Å²) in [6.45, 7) is 1.63. The van der Waals surface area contributed by atoms with Crippen LogP contribution in [0.5, 0.6) is 5.75 Å². The van der Waals surface area contributed by atoms with Gasteiger partial charge >= 0.3 is 0 Å². The smallest absolute Gasteiger partial charge is 0.289 e. The SMILES string of the molecule is COc1ccc(CCCC(=O)N[C@H](C)C(=O)N[C@H](Cc2ccccc2)C(=O)C(=O)NCc2ccccn2)cc1. The molecule has 3 aromatic rings. The van der Waals surface area contributed by atoms with Gasteiger partial charge in [-0.2, -0.15) is 0 Å². The number of methoxy groups -OCH3 is 1. The molecule has 0 saturated carbocycles. The van der Waals surface area contributed by atoms with Crippen molar-refractivity contribution in [2.24, 2.45) is 0 Å². The Balaban J connectivity index is 1.53. The second-order valence-electron chi connectivity index (χ2n) is 9.11. The minimum Gasteiger partial charge on any atom is -0.497 e. The first-order valence-electron chi connectivity index (χ1n) is 12.8. The lowest BCUT2D eigenvalue weighted by molar-refractivity contribution is -0.140. The van der Waals surface area contributed by atoms with E-state index in [1.807, 2.05) is 54.6 Å². The Bertz CT molecular complexity index is 1230. The molecule has 9 heteroatoms. The Hall–Kier alpha value is -4.53. The minimum atomic E-state index is -1.10. The third-order valence-corrected chi connectivity index (χ3v) is 6.09. The summed E-state index contributed by atoms with van der Waals surface area (Å²) in [5.74, 6) is -1.65. The van der Waals surface area contributed by atoms with Crippen molar-refractivity contribution in [3.8, 4) is 5.75 Å². The first-order chi connectivity index (χ1) is 18.9. The lowest BCUT2D eigenvalue weighted by Gasteiger charge is -2.21. The van der Waals surface area contributed by atoms with Gasteiger partial charge in [0.1, 0.15) is 17.8 Å². The number of nitrogens with one attached hydrogen (secondary N) is 3. The molecular formula is C30H34N4O5. The number of nitrogens with zero attached hydrogens (tertiary/aromatic N) is 1. The van der Waals surface area contributed by atoms with Gasteiger partial charge in [-0.1, -0.05) is 48.5 Å². The maximum absolute atomic E-state index is 13.0. The maximum Gasteiger partial charge on any atom is 0.289 e. The molecule has 3 N–H and O–H groups in total. The molecule has 0 aliphatic carbocycles. The highest BCUT2D eigenvalue weighted by Crippen LogP contribution is 2.13. The van der Waals surface area contributed by atoms with Crippen molar-refractivity contribution in [3.05, 3.63) is 95.8 Å². The molecule has 0 radical (unpaired) electrons. The number of Topliss-reactive ketones (excluding diaryl/α,β-unsaturated/α-hetero) is 1. The zero-order valence-corrected chi connectivity index (χ0v) is 22.2. The molecule has 0 aliphatic heterocycles. The van der Waals surface area contributed by atoms with Crippen LogP contribution in [-0.4, -0.2) is 47.7 Å². The summed E-state index contributed by atoms with van der Waals surface area (Å²) in [6.07, 6.45) is 3.28. The van der Waals surface area contributed by atoms with Gasteiger partial charge in [-0.15, -0.1) is 0 Å². The molecule has 0 fully saturated rings. The van der Waals surface area contributed by atoms with Gasteiger partial charge in [0.15, 0.2) is 0 Å². The number of pyridine rings is 1. The van der Waals surface area contributed by atoms with Crippen LogP contribution < -0.4 is 20.7 Å². The van der Waals surface area contributed by atoms with Crippen LogP contribution in [0, 0.1) is 0 Å². The molecule has 9 nitrogen and oxygen atoms in total. The summed E-state index contributed by atoms with van der Waals surface area (Å²) in [5.41, 5.74) is 2.47. The Morgan fingerprint density at radius 2 is 1.59 bits per heavy atom. The second-order valence-corrected chi connectivity index (χ2v) is 9.11. The lowest BCUT2D eigenvalue weighted by Crippen LogP contribution is -2.53. The molecule has 3 amide bonds. The Morgan fingerprint density at radius 1 is 0.872 bits per heavy atom. The normalized spacial score (nSPS) is 12.1. The number of hydrogen-bond acceptors (Lipinski definition) is 6. The third kappa shape index (κ3) is 9.70. The van der Waals surface area contributed by atoms with E-state index >= 15 is 0 Å². The molecule has 0 unspecified atom stereocenters. The Labute approximate surface area is 228 Å². The number of amides is 3. The summed E-state index contributed by atoms with van der Waals surface area (Å²) in [6, 6.07) is 20.0. The number of ketones is 1. The number of rotatable bonds is 14. The van der Waals surface area contributed by atoms with Crippen LogP contribution in [0.1, 0.15) is 36.6 Å². The van der Waals surface area contributed by atoms with Crippen LogP contribution in [0.2, 0.25) is 0 Å². The predicted octanol–water partition coefficient (Wildman–Crippen LogP) is 2.53. The molecular weight excluding hydrogens is 496 g/mol. The van der Waals surface area contributed by atoms with E-state index in [9.17, 15) is 19.2 Å². The van der Waals surface area contributed by atoms with Crippen LogP contribution >= 0.6 is 0 Å². The van der Waals surface area contributed by atoms with Gasteiger partial charge in [-0.25, -0.2) is 0 Å². The highest BCUT2D eigenvalue weighted by molar-refractivity contribution is 6.38. The lowest BCUT2D eigenvalue weighted by atomic mass is 10.0. The van der Waals surface area contributed by atoms with Crippen molar-refractivity contribution in [2.45, 2.75) is 51.2 Å². The monoisotopic (exact) mass is 530 g/mol. The molecule has 0 bridgehead atoms. The van der Waals surface area contributed by atoms with Crippen molar-refractivity contribution < 1.29 is 23.9 Å². The predicted molar refractivity (Wildman–Crippen MR) is 147 cm³/mol. The van der Waals surface area contributed by atoms with Crippen molar-refractivity contribution in [3.63, 3.8) is 0 Å². The molecule has 2 atom stereocenters. The largest absolute Gasteiger partial charge is 0.497 e. The van der Waals surface area contributed by atoms with Gasteiger partial charge in [0.05, 0.1) is 19.3 Å². The first kappa shape index (κ1) is 29.0. The van der Waals surface area contributed by atoms with E-state index < -0.39 is 29.7 Å². The number of ether oxygens (including phenoxy) is 1. The fraction of sp³-hybridized carbons (Fsp3) is 0.300. The molecule has 39 heavy (non-hydrogen) atoms. The fourth-order valence-electron chi connectivity index (χ4n) is 3.90. The molecule has 2 aromatic carbocycles. The van der Waals surface area contributed by atoms with E-state index in [2.05, 4.69) is 20.9 Å². The third-order valence-electron chi connectivity index (χ3n) is 6.09. The number of aromatic nitrogens is 1. The van der Waals surface area contributed by atoms with E-state index in [0.29, 0.717) is 18.5 Å². The van der Waals surface area contributed by atoms with Crippen LogP contribution in [0.4, 0.5) is 0 Å². The maximum atomic E-state index is 13.0. The highest BCUT2D eigenvalue weighted by atomic mass is 16.5. The van der Waals surface area contributed by atoms with Crippen LogP contribution in [0.25, 0.3) is 0 Å². The molecule has 3 rings (SSSR count). The minimum absolute atomic E-state index is 0.0837.